The van der Waals surface area contributed by atoms with E-state index in [1.807, 2.05) is 6.92 Å². The summed E-state index contributed by atoms with van der Waals surface area (Å²) in [5, 5.41) is 2.41. The number of sulfone groups is 1. The summed E-state index contributed by atoms with van der Waals surface area (Å²) in [6.07, 6.45) is 4.41. The van der Waals surface area contributed by atoms with Gasteiger partial charge in [-0.1, -0.05) is 26.7 Å². The lowest BCUT2D eigenvalue weighted by Gasteiger charge is -2.14. The summed E-state index contributed by atoms with van der Waals surface area (Å²) in [7, 11) is -2.94. The number of carbonyl (C=O) groups excluding carboxylic acids is 1. The molecule has 1 rings (SSSR count). The molecule has 0 aromatic rings. The van der Waals surface area contributed by atoms with Crippen LogP contribution >= 0.6 is 0 Å². The van der Waals surface area contributed by atoms with Crippen molar-refractivity contribution in [3.8, 4) is 0 Å². The van der Waals surface area contributed by atoms with Crippen LogP contribution in [0.4, 0.5) is 0 Å². The van der Waals surface area contributed by atoms with Crippen LogP contribution in [0.5, 0.6) is 0 Å². The van der Waals surface area contributed by atoms with Gasteiger partial charge in [-0.05, 0) is 19.3 Å². The van der Waals surface area contributed by atoms with Gasteiger partial charge in [-0.15, -0.1) is 0 Å². The Kier molecular flexibility index (Phi) is 5.43. The molecular formula is C12H23NO3S. The highest BCUT2D eigenvalue weighted by molar-refractivity contribution is 7.92. The summed E-state index contributed by atoms with van der Waals surface area (Å²) in [5.74, 6) is 0.249. The van der Waals surface area contributed by atoms with E-state index in [4.69, 9.17) is 0 Å². The molecule has 5 heteroatoms. The predicted molar refractivity (Wildman–Crippen MR) is 68.5 cm³/mol. The van der Waals surface area contributed by atoms with E-state index in [1.165, 1.54) is 0 Å². The molecule has 2 atom stereocenters. The van der Waals surface area contributed by atoms with E-state index in [0.29, 0.717) is 6.42 Å². The molecule has 1 aliphatic rings. The number of rotatable bonds is 6. The molecule has 0 unspecified atom stereocenters. The first-order chi connectivity index (χ1) is 7.97. The number of unbranched alkanes of at least 4 members (excludes halogenated alkanes) is 1. The first kappa shape index (κ1) is 14.5. The van der Waals surface area contributed by atoms with E-state index in [0.717, 1.165) is 25.7 Å². The fourth-order valence-electron chi connectivity index (χ4n) is 2.12. The van der Waals surface area contributed by atoms with Gasteiger partial charge in [0.2, 0.25) is 5.91 Å². The smallest absolute Gasteiger partial charge is 0.222 e. The Morgan fingerprint density at radius 1 is 1.47 bits per heavy atom. The summed E-state index contributed by atoms with van der Waals surface area (Å²) in [5.41, 5.74) is 0. The fourth-order valence-corrected chi connectivity index (χ4v) is 3.88. The molecule has 1 saturated heterocycles. The third-order valence-corrected chi connectivity index (χ3v) is 5.68. The lowest BCUT2D eigenvalue weighted by Crippen LogP contribution is -2.37. The topological polar surface area (TPSA) is 63.2 Å². The van der Waals surface area contributed by atoms with Gasteiger partial charge in [0.15, 0.2) is 9.84 Å². The number of amides is 1. The lowest BCUT2D eigenvalue weighted by atomic mass is 10.0. The molecule has 0 radical (unpaired) electrons. The number of hydrogen-bond acceptors (Lipinski definition) is 3. The average Bonchev–Trinajstić information content (AvgIpc) is 2.62. The Morgan fingerprint density at radius 2 is 2.18 bits per heavy atom. The zero-order valence-corrected chi connectivity index (χ0v) is 11.6. The van der Waals surface area contributed by atoms with Crippen molar-refractivity contribution < 1.29 is 13.2 Å². The van der Waals surface area contributed by atoms with E-state index in [1.54, 1.807) is 0 Å². The van der Waals surface area contributed by atoms with Crippen molar-refractivity contribution in [2.45, 2.75) is 51.2 Å². The van der Waals surface area contributed by atoms with E-state index >= 15 is 0 Å². The SMILES string of the molecule is CCCC[C@H](C)C(=O)NC[C@@H]1CCCS1(=O)=O. The molecule has 1 aliphatic heterocycles. The molecule has 100 valence electrons. The molecular weight excluding hydrogens is 238 g/mol. The van der Waals surface area contributed by atoms with Crippen LogP contribution in [0, 0.1) is 5.92 Å². The molecule has 0 bridgehead atoms. The van der Waals surface area contributed by atoms with Crippen LogP contribution in [0.25, 0.3) is 0 Å². The normalized spacial score (nSPS) is 24.5. The van der Waals surface area contributed by atoms with Crippen molar-refractivity contribution in [3.05, 3.63) is 0 Å². The van der Waals surface area contributed by atoms with Gasteiger partial charge in [0, 0.05) is 12.5 Å². The largest absolute Gasteiger partial charge is 0.355 e. The van der Waals surface area contributed by atoms with Gasteiger partial charge >= 0.3 is 0 Å². The number of nitrogens with one attached hydrogen (secondary N) is 1. The van der Waals surface area contributed by atoms with Gasteiger partial charge in [0.25, 0.3) is 0 Å². The Balaban J connectivity index is 2.33. The van der Waals surface area contributed by atoms with Gasteiger partial charge in [-0.3, -0.25) is 4.79 Å². The first-order valence-corrected chi connectivity index (χ1v) is 8.18. The summed E-state index contributed by atoms with van der Waals surface area (Å²) in [6, 6.07) is 0. The van der Waals surface area contributed by atoms with Crippen LogP contribution in [0.3, 0.4) is 0 Å². The second kappa shape index (κ2) is 6.38. The molecule has 0 aliphatic carbocycles. The van der Waals surface area contributed by atoms with Crippen molar-refractivity contribution in [1.29, 1.82) is 0 Å². The Bertz CT molecular complexity index is 351. The van der Waals surface area contributed by atoms with Crippen LogP contribution in [-0.4, -0.2) is 31.9 Å². The van der Waals surface area contributed by atoms with E-state index in [2.05, 4.69) is 12.2 Å². The fraction of sp³-hybridized carbons (Fsp3) is 0.917. The highest BCUT2D eigenvalue weighted by Crippen LogP contribution is 2.19. The Hall–Kier alpha value is -0.580. The van der Waals surface area contributed by atoms with Crippen LogP contribution in [0.15, 0.2) is 0 Å². The zero-order chi connectivity index (χ0) is 12.9. The maximum atomic E-state index is 11.7. The van der Waals surface area contributed by atoms with Crippen LogP contribution in [-0.2, 0) is 14.6 Å². The molecule has 1 heterocycles. The quantitative estimate of drug-likeness (QED) is 0.788. The summed E-state index contributed by atoms with van der Waals surface area (Å²) < 4.78 is 23.1. The maximum absolute atomic E-state index is 11.7. The molecule has 0 aromatic heterocycles. The molecule has 4 nitrogen and oxygen atoms in total. The minimum Gasteiger partial charge on any atom is -0.355 e. The van der Waals surface area contributed by atoms with Crippen LogP contribution in [0.1, 0.15) is 46.0 Å². The van der Waals surface area contributed by atoms with E-state index in [9.17, 15) is 13.2 Å². The number of hydrogen-bond donors (Lipinski definition) is 1. The summed E-state index contributed by atoms with van der Waals surface area (Å²) in [4.78, 5) is 11.7. The molecule has 0 aromatic carbocycles. The monoisotopic (exact) mass is 261 g/mol. The van der Waals surface area contributed by atoms with Gasteiger partial charge in [0.05, 0.1) is 11.0 Å². The molecule has 1 fully saturated rings. The van der Waals surface area contributed by atoms with Gasteiger partial charge in [0.1, 0.15) is 0 Å². The minimum absolute atomic E-state index is 0.0134. The third-order valence-electron chi connectivity index (χ3n) is 3.41. The first-order valence-electron chi connectivity index (χ1n) is 6.46. The number of carbonyl (C=O) groups is 1. The average molecular weight is 261 g/mol. The molecule has 0 spiro atoms. The van der Waals surface area contributed by atoms with Crippen molar-refractivity contribution >= 4 is 15.7 Å². The highest BCUT2D eigenvalue weighted by Gasteiger charge is 2.31. The standard InChI is InChI=1S/C12H23NO3S/c1-3-4-6-10(2)12(14)13-9-11-7-5-8-17(11,15)16/h10-11H,3-9H2,1-2H3,(H,13,14)/t10-,11-/m0/s1. The lowest BCUT2D eigenvalue weighted by molar-refractivity contribution is -0.124. The molecule has 1 amide bonds. The Labute approximate surface area is 104 Å². The highest BCUT2D eigenvalue weighted by atomic mass is 32.2. The second-order valence-corrected chi connectivity index (χ2v) is 7.32. The van der Waals surface area contributed by atoms with Gasteiger partial charge < -0.3 is 5.32 Å². The van der Waals surface area contributed by atoms with Gasteiger partial charge in [-0.25, -0.2) is 8.42 Å². The van der Waals surface area contributed by atoms with Crippen molar-refractivity contribution in [2.24, 2.45) is 5.92 Å². The van der Waals surface area contributed by atoms with Crippen LogP contribution in [0.2, 0.25) is 0 Å². The summed E-state index contributed by atoms with van der Waals surface area (Å²) >= 11 is 0. The molecule has 17 heavy (non-hydrogen) atoms. The third kappa shape index (κ3) is 4.30. The van der Waals surface area contributed by atoms with Crippen molar-refractivity contribution in [2.75, 3.05) is 12.3 Å². The predicted octanol–water partition coefficient (Wildman–Crippen LogP) is 1.51. The van der Waals surface area contributed by atoms with E-state index < -0.39 is 9.84 Å². The van der Waals surface area contributed by atoms with Crippen molar-refractivity contribution in [1.82, 2.24) is 5.32 Å². The second-order valence-electron chi connectivity index (χ2n) is 4.92. The minimum atomic E-state index is -2.94. The van der Waals surface area contributed by atoms with Crippen molar-refractivity contribution in [3.63, 3.8) is 0 Å². The molecule has 1 N–H and O–H groups in total. The van der Waals surface area contributed by atoms with Crippen LogP contribution < -0.4 is 5.32 Å². The van der Waals surface area contributed by atoms with E-state index in [-0.39, 0.29) is 29.4 Å². The maximum Gasteiger partial charge on any atom is 0.222 e. The zero-order valence-electron chi connectivity index (χ0n) is 10.7. The summed E-state index contributed by atoms with van der Waals surface area (Å²) in [6.45, 7) is 4.28. The Morgan fingerprint density at radius 3 is 2.71 bits per heavy atom. The van der Waals surface area contributed by atoms with Gasteiger partial charge in [-0.2, -0.15) is 0 Å². The molecule has 0 saturated carbocycles.